The highest BCUT2D eigenvalue weighted by Crippen LogP contribution is 2.50. The van der Waals surface area contributed by atoms with E-state index in [-0.39, 0.29) is 10.5 Å². The monoisotopic (exact) mass is 572 g/mol. The van der Waals surface area contributed by atoms with Gasteiger partial charge in [0, 0.05) is 6.61 Å². The molecule has 1 unspecified atom stereocenters. The van der Waals surface area contributed by atoms with E-state index in [1.807, 2.05) is 0 Å². The molecular formula is C39H60OSi. The fourth-order valence-electron chi connectivity index (χ4n) is 7.26. The standard InChI is InChI=1S/C39H60OSi/c1-10-39(9)28-27-34(37(39)29-33(5)22-18-21-32(4)20-17-19-31(2)3)30-40-41(38(6,7)8,35-23-13-11-14-24-35)36-25-15-12-16-26-36/h10-16,23-26,29,31-32,34,37H,1,17-22,27-28,30H2,2-9H3/b33-29+/t32?,34-,37-,39+/m0/s1. The average molecular weight is 573 g/mol. The molecule has 2 aromatic carbocycles. The first kappa shape index (κ1) is 33.6. The van der Waals surface area contributed by atoms with Crippen molar-refractivity contribution in [2.75, 3.05) is 6.61 Å². The third kappa shape index (κ3) is 8.57. The summed E-state index contributed by atoms with van der Waals surface area (Å²) in [5, 5.41) is 2.74. The van der Waals surface area contributed by atoms with Crippen LogP contribution in [0.15, 0.2) is 85.0 Å². The van der Waals surface area contributed by atoms with Gasteiger partial charge in [0.2, 0.25) is 0 Å². The molecule has 0 aliphatic heterocycles. The number of hydrogen-bond acceptors (Lipinski definition) is 1. The van der Waals surface area contributed by atoms with Crippen LogP contribution >= 0.6 is 0 Å². The maximum absolute atomic E-state index is 7.44. The molecule has 1 fully saturated rings. The Hall–Kier alpha value is -1.90. The summed E-state index contributed by atoms with van der Waals surface area (Å²) in [4.78, 5) is 0. The van der Waals surface area contributed by atoms with Crippen molar-refractivity contribution in [3.8, 4) is 0 Å². The zero-order valence-corrected chi connectivity index (χ0v) is 28.7. The normalized spacial score (nSPS) is 22.7. The van der Waals surface area contributed by atoms with Crippen LogP contribution in [0.4, 0.5) is 0 Å². The molecule has 0 saturated heterocycles. The Morgan fingerprint density at radius 2 is 1.51 bits per heavy atom. The van der Waals surface area contributed by atoms with Crippen molar-refractivity contribution < 1.29 is 4.43 Å². The van der Waals surface area contributed by atoms with Gasteiger partial charge < -0.3 is 4.43 Å². The third-order valence-corrected chi connectivity index (χ3v) is 14.9. The van der Waals surface area contributed by atoms with E-state index in [4.69, 9.17) is 4.43 Å². The van der Waals surface area contributed by atoms with Gasteiger partial charge in [-0.2, -0.15) is 0 Å². The summed E-state index contributed by atoms with van der Waals surface area (Å²) < 4.78 is 7.44. The first-order valence-corrected chi connectivity index (χ1v) is 18.4. The second kappa shape index (κ2) is 15.0. The molecule has 0 heterocycles. The molecule has 2 heteroatoms. The van der Waals surface area contributed by atoms with Gasteiger partial charge in [-0.1, -0.05) is 153 Å². The molecule has 3 rings (SSSR count). The van der Waals surface area contributed by atoms with Crippen molar-refractivity contribution in [3.63, 3.8) is 0 Å². The smallest absolute Gasteiger partial charge is 0.261 e. The predicted molar refractivity (Wildman–Crippen MR) is 184 cm³/mol. The van der Waals surface area contributed by atoms with Crippen LogP contribution in [0.3, 0.4) is 0 Å². The minimum Gasteiger partial charge on any atom is -0.407 e. The van der Waals surface area contributed by atoms with E-state index in [0.717, 1.165) is 18.4 Å². The molecule has 0 spiro atoms. The maximum atomic E-state index is 7.44. The van der Waals surface area contributed by atoms with Crippen LogP contribution in [0.2, 0.25) is 5.04 Å². The molecule has 0 N–H and O–H groups in total. The van der Waals surface area contributed by atoms with Crippen molar-refractivity contribution in [1.29, 1.82) is 0 Å². The summed E-state index contributed by atoms with van der Waals surface area (Å²) in [6.07, 6.45) is 15.2. The molecule has 2 aromatic rings. The van der Waals surface area contributed by atoms with Crippen LogP contribution in [0.5, 0.6) is 0 Å². The maximum Gasteiger partial charge on any atom is 0.261 e. The van der Waals surface area contributed by atoms with Gasteiger partial charge in [-0.3, -0.25) is 0 Å². The van der Waals surface area contributed by atoms with E-state index in [1.165, 1.54) is 61.7 Å². The number of hydrogen-bond donors (Lipinski definition) is 0. The van der Waals surface area contributed by atoms with Crippen molar-refractivity contribution >= 4 is 18.7 Å². The van der Waals surface area contributed by atoms with Crippen LogP contribution in [-0.4, -0.2) is 14.9 Å². The highest BCUT2D eigenvalue weighted by molar-refractivity contribution is 6.99. The van der Waals surface area contributed by atoms with Crippen LogP contribution < -0.4 is 10.4 Å². The zero-order chi connectivity index (χ0) is 30.1. The lowest BCUT2D eigenvalue weighted by molar-refractivity contribution is 0.196. The highest BCUT2D eigenvalue weighted by Gasteiger charge is 2.51. The lowest BCUT2D eigenvalue weighted by Gasteiger charge is -2.44. The molecule has 4 atom stereocenters. The van der Waals surface area contributed by atoms with E-state index in [9.17, 15) is 0 Å². The summed E-state index contributed by atoms with van der Waals surface area (Å²) in [6, 6.07) is 22.2. The highest BCUT2D eigenvalue weighted by atomic mass is 28.4. The largest absolute Gasteiger partial charge is 0.407 e. The topological polar surface area (TPSA) is 9.23 Å². The molecule has 1 aliphatic rings. The minimum absolute atomic E-state index is 0.00314. The Kier molecular flexibility index (Phi) is 12.3. The Morgan fingerprint density at radius 1 is 0.951 bits per heavy atom. The Bertz CT molecular complexity index is 1040. The Labute approximate surface area is 255 Å². The molecule has 1 saturated carbocycles. The van der Waals surface area contributed by atoms with Gasteiger partial charge in [0.05, 0.1) is 0 Å². The Balaban J connectivity index is 1.79. The van der Waals surface area contributed by atoms with Crippen molar-refractivity contribution in [1.82, 2.24) is 0 Å². The second-order valence-corrected chi connectivity index (χ2v) is 19.1. The number of benzene rings is 2. The third-order valence-electron chi connectivity index (χ3n) is 9.93. The number of allylic oxidation sites excluding steroid dienone is 3. The van der Waals surface area contributed by atoms with Crippen LogP contribution in [0.25, 0.3) is 0 Å². The van der Waals surface area contributed by atoms with Crippen LogP contribution in [-0.2, 0) is 4.43 Å². The van der Waals surface area contributed by atoms with E-state index < -0.39 is 8.32 Å². The predicted octanol–water partition coefficient (Wildman–Crippen LogP) is 10.4. The summed E-state index contributed by atoms with van der Waals surface area (Å²) >= 11 is 0. The lowest BCUT2D eigenvalue weighted by Crippen LogP contribution is -2.67. The summed E-state index contributed by atoms with van der Waals surface area (Å²) in [5.74, 6) is 2.64. The molecule has 1 aliphatic carbocycles. The minimum atomic E-state index is -2.54. The first-order valence-electron chi connectivity index (χ1n) is 16.5. The van der Waals surface area contributed by atoms with Gasteiger partial charge in [0.1, 0.15) is 0 Å². The van der Waals surface area contributed by atoms with Crippen molar-refractivity contribution in [2.24, 2.45) is 29.1 Å². The molecule has 0 aromatic heterocycles. The van der Waals surface area contributed by atoms with Gasteiger partial charge in [0.25, 0.3) is 8.32 Å². The first-order chi connectivity index (χ1) is 19.4. The van der Waals surface area contributed by atoms with Gasteiger partial charge in [-0.05, 0) is 77.1 Å². The van der Waals surface area contributed by atoms with Gasteiger partial charge in [-0.15, -0.1) is 6.58 Å². The summed E-state index contributed by atoms with van der Waals surface area (Å²) in [5.41, 5.74) is 1.68. The fraction of sp³-hybridized carbons (Fsp3) is 0.590. The lowest BCUT2D eigenvalue weighted by atomic mass is 9.76. The van der Waals surface area contributed by atoms with Gasteiger partial charge in [0.15, 0.2) is 0 Å². The second-order valence-electron chi connectivity index (χ2n) is 14.8. The quantitative estimate of drug-likeness (QED) is 0.152. The summed E-state index contributed by atoms with van der Waals surface area (Å²) in [7, 11) is -2.54. The Morgan fingerprint density at radius 3 is 2.02 bits per heavy atom. The molecule has 1 nitrogen and oxygen atoms in total. The van der Waals surface area contributed by atoms with Crippen molar-refractivity contribution in [3.05, 3.63) is 85.0 Å². The SMILES string of the molecule is C=C[C@]1(C)CC[C@@H](CO[Si](c2ccccc2)(c2ccccc2)C(C)(C)C)[C@@H]1/C=C(\C)CCCC(C)CCCC(C)C. The van der Waals surface area contributed by atoms with Gasteiger partial charge in [-0.25, -0.2) is 0 Å². The van der Waals surface area contributed by atoms with E-state index in [0.29, 0.717) is 11.8 Å². The number of rotatable bonds is 15. The average Bonchev–Trinajstić information content (AvgIpc) is 3.24. The summed E-state index contributed by atoms with van der Waals surface area (Å²) in [6.45, 7) is 24.2. The molecule has 0 radical (unpaired) electrons. The van der Waals surface area contributed by atoms with Crippen LogP contribution in [0, 0.1) is 29.1 Å². The van der Waals surface area contributed by atoms with Crippen molar-refractivity contribution in [2.45, 2.75) is 112 Å². The van der Waals surface area contributed by atoms with E-state index in [1.54, 1.807) is 5.57 Å². The fourth-order valence-corrected chi connectivity index (χ4v) is 11.9. The van der Waals surface area contributed by atoms with E-state index in [2.05, 4.69) is 135 Å². The van der Waals surface area contributed by atoms with Crippen LogP contribution in [0.1, 0.15) is 107 Å². The van der Waals surface area contributed by atoms with Gasteiger partial charge >= 0.3 is 0 Å². The molecule has 0 bridgehead atoms. The molecule has 226 valence electrons. The molecular weight excluding hydrogens is 513 g/mol. The molecule has 41 heavy (non-hydrogen) atoms. The molecule has 0 amide bonds. The zero-order valence-electron chi connectivity index (χ0n) is 27.7. The van der Waals surface area contributed by atoms with E-state index >= 15 is 0 Å².